The Kier molecular flexibility index (Phi) is 2.96. The van der Waals surface area contributed by atoms with Gasteiger partial charge in [0, 0.05) is 19.2 Å². The van der Waals surface area contributed by atoms with Crippen LogP contribution in [0.2, 0.25) is 0 Å². The Bertz CT molecular complexity index is 473. The van der Waals surface area contributed by atoms with Crippen molar-refractivity contribution in [1.82, 2.24) is 9.78 Å². The minimum Gasteiger partial charge on any atom is -0.482 e. The van der Waals surface area contributed by atoms with Crippen LogP contribution in [0.1, 0.15) is 17.1 Å². The van der Waals surface area contributed by atoms with Gasteiger partial charge in [0.1, 0.15) is 18.1 Å². The van der Waals surface area contributed by atoms with E-state index >= 15 is 0 Å². The molecule has 86 valence electrons. The molecule has 0 amide bonds. The maximum Gasteiger partial charge on any atom is 0.157 e. The lowest BCUT2D eigenvalue weighted by atomic mass is 10.2. The van der Waals surface area contributed by atoms with Gasteiger partial charge in [-0.05, 0) is 13.0 Å². The summed E-state index contributed by atoms with van der Waals surface area (Å²) in [5, 5.41) is 4.01. The SMILES string of the molecule is Cc1oc(COc2cnn(C)c2)cc1CN. The number of hydrogen-bond acceptors (Lipinski definition) is 4. The summed E-state index contributed by atoms with van der Waals surface area (Å²) in [6.07, 6.45) is 3.47. The lowest BCUT2D eigenvalue weighted by Gasteiger charge is -1.98. The summed E-state index contributed by atoms with van der Waals surface area (Å²) in [6, 6.07) is 1.92. The summed E-state index contributed by atoms with van der Waals surface area (Å²) in [5.74, 6) is 2.36. The van der Waals surface area contributed by atoms with E-state index in [1.807, 2.05) is 20.0 Å². The average molecular weight is 221 g/mol. The van der Waals surface area contributed by atoms with E-state index in [0.29, 0.717) is 13.2 Å². The zero-order valence-corrected chi connectivity index (χ0v) is 9.43. The van der Waals surface area contributed by atoms with Gasteiger partial charge in [0.15, 0.2) is 5.75 Å². The van der Waals surface area contributed by atoms with Gasteiger partial charge in [0.05, 0.1) is 12.4 Å². The summed E-state index contributed by atoms with van der Waals surface area (Å²) in [5.41, 5.74) is 6.58. The van der Waals surface area contributed by atoms with E-state index in [0.717, 1.165) is 22.8 Å². The van der Waals surface area contributed by atoms with E-state index in [2.05, 4.69) is 5.10 Å². The number of nitrogens with two attached hydrogens (primary N) is 1. The Hall–Kier alpha value is -1.75. The molecule has 0 aromatic carbocycles. The summed E-state index contributed by atoms with van der Waals surface area (Å²) < 4.78 is 12.7. The molecule has 0 bridgehead atoms. The highest BCUT2D eigenvalue weighted by Crippen LogP contribution is 2.16. The van der Waals surface area contributed by atoms with Crippen LogP contribution in [0.15, 0.2) is 22.9 Å². The van der Waals surface area contributed by atoms with Crippen molar-refractivity contribution in [3.8, 4) is 5.75 Å². The van der Waals surface area contributed by atoms with Crippen molar-refractivity contribution >= 4 is 0 Å². The second-order valence-electron chi connectivity index (χ2n) is 3.64. The summed E-state index contributed by atoms with van der Waals surface area (Å²) in [7, 11) is 1.84. The number of hydrogen-bond donors (Lipinski definition) is 1. The fourth-order valence-electron chi connectivity index (χ4n) is 1.49. The van der Waals surface area contributed by atoms with E-state index in [4.69, 9.17) is 14.9 Å². The monoisotopic (exact) mass is 221 g/mol. The second kappa shape index (κ2) is 4.40. The number of aryl methyl sites for hydroxylation is 2. The Morgan fingerprint density at radius 3 is 2.94 bits per heavy atom. The molecule has 0 radical (unpaired) electrons. The predicted octanol–water partition coefficient (Wildman–Crippen LogP) is 1.36. The number of ether oxygens (including phenoxy) is 1. The number of aromatic nitrogens is 2. The molecule has 2 N–H and O–H groups in total. The van der Waals surface area contributed by atoms with Crippen molar-refractivity contribution in [2.24, 2.45) is 12.8 Å². The van der Waals surface area contributed by atoms with Crippen LogP contribution in [0.5, 0.6) is 5.75 Å². The van der Waals surface area contributed by atoms with Crippen molar-refractivity contribution in [2.75, 3.05) is 0 Å². The minimum absolute atomic E-state index is 0.395. The second-order valence-corrected chi connectivity index (χ2v) is 3.64. The van der Waals surface area contributed by atoms with E-state index < -0.39 is 0 Å². The molecule has 0 aliphatic heterocycles. The molecular formula is C11H15N3O2. The Morgan fingerprint density at radius 1 is 1.56 bits per heavy atom. The van der Waals surface area contributed by atoms with Gasteiger partial charge in [-0.25, -0.2) is 0 Å². The third-order valence-corrected chi connectivity index (χ3v) is 2.35. The molecule has 5 heteroatoms. The third kappa shape index (κ3) is 2.25. The molecule has 2 aromatic heterocycles. The molecule has 0 unspecified atom stereocenters. The fourth-order valence-corrected chi connectivity index (χ4v) is 1.49. The average Bonchev–Trinajstić information content (AvgIpc) is 2.82. The molecule has 5 nitrogen and oxygen atoms in total. The Morgan fingerprint density at radius 2 is 2.38 bits per heavy atom. The fraction of sp³-hybridized carbons (Fsp3) is 0.364. The van der Waals surface area contributed by atoms with Gasteiger partial charge < -0.3 is 14.9 Å². The van der Waals surface area contributed by atoms with Crippen molar-refractivity contribution in [2.45, 2.75) is 20.1 Å². The molecular weight excluding hydrogens is 206 g/mol. The molecule has 0 aliphatic rings. The summed E-state index contributed by atoms with van der Waals surface area (Å²) >= 11 is 0. The van der Waals surface area contributed by atoms with Crippen LogP contribution in [0.25, 0.3) is 0 Å². The molecule has 0 saturated carbocycles. The van der Waals surface area contributed by atoms with Gasteiger partial charge in [-0.2, -0.15) is 5.10 Å². The molecule has 0 saturated heterocycles. The normalized spacial score (nSPS) is 10.7. The van der Waals surface area contributed by atoms with E-state index in [-0.39, 0.29) is 0 Å². The highest BCUT2D eigenvalue weighted by Gasteiger charge is 2.06. The molecule has 16 heavy (non-hydrogen) atoms. The third-order valence-electron chi connectivity index (χ3n) is 2.35. The van der Waals surface area contributed by atoms with Crippen LogP contribution in [0.3, 0.4) is 0 Å². The highest BCUT2D eigenvalue weighted by atomic mass is 16.5. The first-order chi connectivity index (χ1) is 7.69. The molecule has 0 spiro atoms. The standard InChI is InChI=1S/C11H15N3O2/c1-8-9(4-12)3-10(16-8)7-15-11-5-13-14(2)6-11/h3,5-6H,4,7,12H2,1-2H3. The zero-order valence-electron chi connectivity index (χ0n) is 9.43. The summed E-state index contributed by atoms with van der Waals surface area (Å²) in [4.78, 5) is 0. The highest BCUT2D eigenvalue weighted by molar-refractivity contribution is 5.20. The minimum atomic E-state index is 0.395. The molecule has 2 heterocycles. The van der Waals surface area contributed by atoms with Crippen LogP contribution in [0, 0.1) is 6.92 Å². The van der Waals surface area contributed by atoms with Crippen molar-refractivity contribution < 1.29 is 9.15 Å². The predicted molar refractivity (Wildman–Crippen MR) is 58.9 cm³/mol. The number of nitrogens with zero attached hydrogens (tertiary/aromatic N) is 2. The van der Waals surface area contributed by atoms with Crippen LogP contribution < -0.4 is 10.5 Å². The topological polar surface area (TPSA) is 66.2 Å². The smallest absolute Gasteiger partial charge is 0.157 e. The molecule has 2 aromatic rings. The maximum absolute atomic E-state index is 5.56. The van der Waals surface area contributed by atoms with Crippen LogP contribution in [-0.4, -0.2) is 9.78 Å². The quantitative estimate of drug-likeness (QED) is 0.846. The van der Waals surface area contributed by atoms with Gasteiger partial charge >= 0.3 is 0 Å². The number of furan rings is 1. The van der Waals surface area contributed by atoms with Crippen molar-refractivity contribution in [3.63, 3.8) is 0 Å². The van der Waals surface area contributed by atoms with Crippen molar-refractivity contribution in [3.05, 3.63) is 35.5 Å². The molecule has 0 fully saturated rings. The maximum atomic E-state index is 5.56. The van der Waals surface area contributed by atoms with Crippen LogP contribution >= 0.6 is 0 Å². The van der Waals surface area contributed by atoms with Gasteiger partial charge in [-0.1, -0.05) is 0 Å². The van der Waals surface area contributed by atoms with Gasteiger partial charge in [-0.3, -0.25) is 4.68 Å². The Labute approximate surface area is 93.8 Å². The van der Waals surface area contributed by atoms with Crippen LogP contribution in [-0.2, 0) is 20.2 Å². The largest absolute Gasteiger partial charge is 0.482 e. The van der Waals surface area contributed by atoms with Gasteiger partial charge in [-0.15, -0.1) is 0 Å². The van der Waals surface area contributed by atoms with Gasteiger partial charge in [0.25, 0.3) is 0 Å². The summed E-state index contributed by atoms with van der Waals surface area (Å²) in [6.45, 7) is 2.78. The lowest BCUT2D eigenvalue weighted by molar-refractivity contribution is 0.267. The molecule has 0 atom stereocenters. The molecule has 2 rings (SSSR count). The van der Waals surface area contributed by atoms with E-state index in [1.165, 1.54) is 0 Å². The first-order valence-corrected chi connectivity index (χ1v) is 5.08. The van der Waals surface area contributed by atoms with Gasteiger partial charge in [0.2, 0.25) is 0 Å². The van der Waals surface area contributed by atoms with Crippen molar-refractivity contribution in [1.29, 1.82) is 0 Å². The first-order valence-electron chi connectivity index (χ1n) is 5.08. The zero-order chi connectivity index (χ0) is 11.5. The lowest BCUT2D eigenvalue weighted by Crippen LogP contribution is -1.95. The number of rotatable bonds is 4. The van der Waals surface area contributed by atoms with Crippen LogP contribution in [0.4, 0.5) is 0 Å². The molecule has 0 aliphatic carbocycles. The Balaban J connectivity index is 1.99. The van der Waals surface area contributed by atoms with E-state index in [9.17, 15) is 0 Å². The van der Waals surface area contributed by atoms with E-state index in [1.54, 1.807) is 17.1 Å². The first kappa shape index (κ1) is 10.8.